The first-order valence-electron chi connectivity index (χ1n) is 5.24. The molecule has 5 nitrogen and oxygen atoms in total. The normalized spacial score (nSPS) is 12.9. The maximum absolute atomic E-state index is 9.41. The van der Waals surface area contributed by atoms with E-state index >= 15 is 0 Å². The molecule has 1 aromatic heterocycles. The zero-order valence-corrected chi connectivity index (χ0v) is 9.44. The fourth-order valence-electron chi connectivity index (χ4n) is 1.59. The Labute approximate surface area is 93.9 Å². The Bertz CT molecular complexity index is 506. The minimum absolute atomic E-state index is 0.170. The smallest absolute Gasteiger partial charge is 0.203 e. The van der Waals surface area contributed by atoms with Gasteiger partial charge < -0.3 is 20.7 Å². The van der Waals surface area contributed by atoms with Crippen molar-refractivity contribution >= 4 is 17.0 Å². The number of hydrogen-bond donors (Lipinski definition) is 3. The van der Waals surface area contributed by atoms with Gasteiger partial charge in [-0.2, -0.15) is 0 Å². The monoisotopic (exact) mass is 220 g/mol. The van der Waals surface area contributed by atoms with E-state index in [0.717, 1.165) is 17.0 Å². The molecule has 86 valence electrons. The van der Waals surface area contributed by atoms with E-state index in [1.54, 1.807) is 18.2 Å². The van der Waals surface area contributed by atoms with Gasteiger partial charge in [-0.25, -0.2) is 4.98 Å². The largest absolute Gasteiger partial charge is 0.508 e. The van der Waals surface area contributed by atoms with E-state index in [1.807, 2.05) is 18.5 Å². The molecule has 2 rings (SSSR count). The van der Waals surface area contributed by atoms with E-state index in [0.29, 0.717) is 6.54 Å². The lowest BCUT2D eigenvalue weighted by Crippen LogP contribution is -2.26. The van der Waals surface area contributed by atoms with Gasteiger partial charge in [0.1, 0.15) is 5.75 Å². The lowest BCUT2D eigenvalue weighted by atomic mass is 10.3. The summed E-state index contributed by atoms with van der Waals surface area (Å²) in [6.07, 6.45) is 0. The number of fused-ring (bicyclic) bond motifs is 1. The molecule has 0 amide bonds. The van der Waals surface area contributed by atoms with Crippen LogP contribution in [0.25, 0.3) is 11.0 Å². The summed E-state index contributed by atoms with van der Waals surface area (Å²) in [5.74, 6) is 1.01. The quantitative estimate of drug-likeness (QED) is 0.722. The average Bonchev–Trinajstić information content (AvgIpc) is 2.56. The highest BCUT2D eigenvalue weighted by Gasteiger charge is 2.09. The van der Waals surface area contributed by atoms with Crippen LogP contribution in [0, 0.1) is 0 Å². The maximum Gasteiger partial charge on any atom is 0.203 e. The summed E-state index contributed by atoms with van der Waals surface area (Å²) in [5.41, 5.74) is 7.30. The number of imidazole rings is 1. The number of aryl methyl sites for hydroxylation is 1. The van der Waals surface area contributed by atoms with Crippen LogP contribution < -0.4 is 11.1 Å². The summed E-state index contributed by atoms with van der Waals surface area (Å²) in [7, 11) is 1.90. The Morgan fingerprint density at radius 2 is 2.31 bits per heavy atom. The molecule has 4 N–H and O–H groups in total. The van der Waals surface area contributed by atoms with Crippen molar-refractivity contribution in [2.75, 3.05) is 11.9 Å². The zero-order valence-electron chi connectivity index (χ0n) is 9.44. The van der Waals surface area contributed by atoms with E-state index in [1.165, 1.54) is 0 Å². The first-order valence-corrected chi connectivity index (χ1v) is 5.24. The van der Waals surface area contributed by atoms with Gasteiger partial charge in [-0.1, -0.05) is 0 Å². The SMILES string of the molecule is CC(CN)Nc1nc2ccc(O)cc2n1C. The van der Waals surface area contributed by atoms with E-state index in [4.69, 9.17) is 5.73 Å². The molecule has 0 aliphatic carbocycles. The second kappa shape index (κ2) is 4.02. The molecule has 0 fully saturated rings. The van der Waals surface area contributed by atoms with Gasteiger partial charge in [-0.3, -0.25) is 0 Å². The lowest BCUT2D eigenvalue weighted by Gasteiger charge is -2.11. The average molecular weight is 220 g/mol. The highest BCUT2D eigenvalue weighted by Crippen LogP contribution is 2.22. The third-order valence-corrected chi connectivity index (χ3v) is 2.59. The van der Waals surface area contributed by atoms with Crippen LogP contribution in [0.15, 0.2) is 18.2 Å². The third kappa shape index (κ3) is 1.81. The molecular formula is C11H16N4O. The van der Waals surface area contributed by atoms with Gasteiger partial charge in [0.05, 0.1) is 11.0 Å². The Morgan fingerprint density at radius 3 is 3.00 bits per heavy atom. The minimum atomic E-state index is 0.170. The molecule has 1 heterocycles. The van der Waals surface area contributed by atoms with Gasteiger partial charge in [-0.15, -0.1) is 0 Å². The van der Waals surface area contributed by atoms with E-state index in [9.17, 15) is 5.11 Å². The summed E-state index contributed by atoms with van der Waals surface area (Å²) in [5, 5.41) is 12.6. The van der Waals surface area contributed by atoms with Crippen molar-refractivity contribution in [1.29, 1.82) is 0 Å². The lowest BCUT2D eigenvalue weighted by molar-refractivity contribution is 0.476. The van der Waals surface area contributed by atoms with Gasteiger partial charge in [0, 0.05) is 25.7 Å². The Hall–Kier alpha value is -1.75. The van der Waals surface area contributed by atoms with Crippen molar-refractivity contribution in [2.45, 2.75) is 13.0 Å². The number of nitrogens with zero attached hydrogens (tertiary/aromatic N) is 2. The van der Waals surface area contributed by atoms with Crippen LogP contribution >= 0.6 is 0 Å². The van der Waals surface area contributed by atoms with Gasteiger partial charge in [-0.05, 0) is 19.1 Å². The molecule has 1 atom stereocenters. The molecule has 16 heavy (non-hydrogen) atoms. The van der Waals surface area contributed by atoms with Crippen LogP contribution in [0.3, 0.4) is 0 Å². The van der Waals surface area contributed by atoms with Crippen LogP contribution in [-0.4, -0.2) is 27.2 Å². The third-order valence-electron chi connectivity index (χ3n) is 2.59. The number of phenols is 1. The molecule has 1 unspecified atom stereocenters. The van der Waals surface area contributed by atoms with E-state index in [2.05, 4.69) is 10.3 Å². The first-order chi connectivity index (χ1) is 7.61. The van der Waals surface area contributed by atoms with Crippen molar-refractivity contribution in [3.63, 3.8) is 0 Å². The molecule has 0 bridgehead atoms. The summed E-state index contributed by atoms with van der Waals surface area (Å²) in [6.45, 7) is 2.55. The molecule has 0 aliphatic heterocycles. The zero-order chi connectivity index (χ0) is 11.7. The molecule has 1 aromatic carbocycles. The van der Waals surface area contributed by atoms with Crippen molar-refractivity contribution < 1.29 is 5.11 Å². The Morgan fingerprint density at radius 1 is 1.56 bits per heavy atom. The number of anilines is 1. The predicted octanol–water partition coefficient (Wildman–Crippen LogP) is 1.04. The number of phenolic OH excluding ortho intramolecular Hbond substituents is 1. The van der Waals surface area contributed by atoms with Crippen molar-refractivity contribution in [3.8, 4) is 5.75 Å². The van der Waals surface area contributed by atoms with Crippen molar-refractivity contribution in [1.82, 2.24) is 9.55 Å². The Balaban J connectivity index is 2.44. The molecule has 2 aromatic rings. The highest BCUT2D eigenvalue weighted by molar-refractivity contribution is 5.80. The number of aromatic hydroxyl groups is 1. The molecule has 0 radical (unpaired) electrons. The number of rotatable bonds is 3. The summed E-state index contributed by atoms with van der Waals surface area (Å²) < 4.78 is 1.90. The molecule has 0 spiro atoms. The van der Waals surface area contributed by atoms with Gasteiger partial charge in [0.25, 0.3) is 0 Å². The van der Waals surface area contributed by atoms with Crippen molar-refractivity contribution in [2.24, 2.45) is 12.8 Å². The Kier molecular flexibility index (Phi) is 2.70. The van der Waals surface area contributed by atoms with Crippen LogP contribution in [0.1, 0.15) is 6.92 Å². The minimum Gasteiger partial charge on any atom is -0.508 e. The maximum atomic E-state index is 9.41. The standard InChI is InChI=1S/C11H16N4O/c1-7(6-12)13-11-14-9-4-3-8(16)5-10(9)15(11)2/h3-5,7,16H,6,12H2,1-2H3,(H,13,14). The van der Waals surface area contributed by atoms with E-state index < -0.39 is 0 Å². The molecule has 5 heteroatoms. The second-order valence-electron chi connectivity index (χ2n) is 3.95. The van der Waals surface area contributed by atoms with Crippen LogP contribution in [0.5, 0.6) is 5.75 Å². The molecule has 0 saturated heterocycles. The van der Waals surface area contributed by atoms with Gasteiger partial charge in [0.15, 0.2) is 0 Å². The predicted molar refractivity (Wildman–Crippen MR) is 64.5 cm³/mol. The van der Waals surface area contributed by atoms with Crippen LogP contribution in [0.2, 0.25) is 0 Å². The molecule has 0 saturated carbocycles. The summed E-state index contributed by atoms with van der Waals surface area (Å²) in [6, 6.07) is 5.29. The van der Waals surface area contributed by atoms with Gasteiger partial charge >= 0.3 is 0 Å². The topological polar surface area (TPSA) is 76.1 Å². The number of nitrogens with one attached hydrogen (secondary N) is 1. The van der Waals surface area contributed by atoms with Crippen molar-refractivity contribution in [3.05, 3.63) is 18.2 Å². The molecule has 0 aliphatic rings. The van der Waals surface area contributed by atoms with Crippen LogP contribution in [0.4, 0.5) is 5.95 Å². The summed E-state index contributed by atoms with van der Waals surface area (Å²) >= 11 is 0. The molecular weight excluding hydrogens is 204 g/mol. The van der Waals surface area contributed by atoms with Gasteiger partial charge in [0.2, 0.25) is 5.95 Å². The highest BCUT2D eigenvalue weighted by atomic mass is 16.3. The number of nitrogens with two attached hydrogens (primary N) is 1. The summed E-state index contributed by atoms with van der Waals surface area (Å²) in [4.78, 5) is 4.43. The first kappa shape index (κ1) is 10.8. The van der Waals surface area contributed by atoms with E-state index in [-0.39, 0.29) is 11.8 Å². The number of hydrogen-bond acceptors (Lipinski definition) is 4. The van der Waals surface area contributed by atoms with Crippen LogP contribution in [-0.2, 0) is 7.05 Å². The fourth-order valence-corrected chi connectivity index (χ4v) is 1.59. The second-order valence-corrected chi connectivity index (χ2v) is 3.95. The number of benzene rings is 1. The number of aromatic nitrogens is 2. The fraction of sp³-hybridized carbons (Fsp3) is 0.364.